The first-order valence-corrected chi connectivity index (χ1v) is 7.46. The number of carbonyl (C=O) groups excluding carboxylic acids is 1. The van der Waals surface area contributed by atoms with Crippen molar-refractivity contribution in [1.82, 2.24) is 5.32 Å². The summed E-state index contributed by atoms with van der Waals surface area (Å²) in [5.41, 5.74) is -0.850. The Morgan fingerprint density at radius 3 is 2.75 bits per heavy atom. The number of alkyl halides is 3. The van der Waals surface area contributed by atoms with Crippen LogP contribution < -0.4 is 5.32 Å². The molecule has 1 fully saturated rings. The summed E-state index contributed by atoms with van der Waals surface area (Å²) >= 11 is -1.77. The van der Waals surface area contributed by atoms with Crippen molar-refractivity contribution in [3.63, 3.8) is 0 Å². The molecule has 1 aliphatic rings. The molecule has 1 aliphatic heterocycles. The summed E-state index contributed by atoms with van der Waals surface area (Å²) < 4.78 is 50.2. The van der Waals surface area contributed by atoms with Crippen LogP contribution in [0.4, 0.5) is 13.2 Å². The molecule has 2 atom stereocenters. The van der Waals surface area contributed by atoms with E-state index in [2.05, 4.69) is 5.32 Å². The maximum Gasteiger partial charge on any atom is 0.416 e. The first kappa shape index (κ1) is 15.2. The van der Waals surface area contributed by atoms with E-state index in [4.69, 9.17) is 0 Å². The molecular weight excluding hydrogens is 291 g/mol. The highest BCUT2D eigenvalue weighted by molar-refractivity contribution is 7.92. The molecule has 1 amide bonds. The largest absolute Gasteiger partial charge is 0.611 e. The fraction of sp³-hybridized carbons (Fsp3) is 0.462. The summed E-state index contributed by atoms with van der Waals surface area (Å²) in [7, 11) is 0. The van der Waals surface area contributed by atoms with Gasteiger partial charge < -0.3 is 9.87 Å². The standard InChI is InChI=1S/C13H14F3NO2S/c14-13(15,16)9-4-3-5-10(8-9)20(19)11-6-1-2-7-17-12(11)18/h3-5,8,11H,1-2,6-7H2,(H,17,18). The van der Waals surface area contributed by atoms with Crippen molar-refractivity contribution in [3.05, 3.63) is 29.8 Å². The summed E-state index contributed by atoms with van der Waals surface area (Å²) in [6.45, 7) is 0.523. The van der Waals surface area contributed by atoms with Crippen LogP contribution in [0.1, 0.15) is 24.8 Å². The average molecular weight is 305 g/mol. The van der Waals surface area contributed by atoms with Gasteiger partial charge in [0.05, 0.1) is 5.56 Å². The van der Waals surface area contributed by atoms with E-state index >= 15 is 0 Å². The highest BCUT2D eigenvalue weighted by Crippen LogP contribution is 2.31. The molecule has 0 bridgehead atoms. The van der Waals surface area contributed by atoms with Crippen LogP contribution in [-0.2, 0) is 22.1 Å². The van der Waals surface area contributed by atoms with Crippen molar-refractivity contribution >= 4 is 17.1 Å². The monoisotopic (exact) mass is 305 g/mol. The fourth-order valence-corrected chi connectivity index (χ4v) is 3.52. The van der Waals surface area contributed by atoms with Gasteiger partial charge in [0.1, 0.15) is 0 Å². The molecule has 0 aromatic heterocycles. The molecule has 2 rings (SSSR count). The second kappa shape index (κ2) is 6.05. The van der Waals surface area contributed by atoms with Gasteiger partial charge in [-0.25, -0.2) is 0 Å². The Bertz CT molecular complexity index is 493. The minimum atomic E-state index is -4.48. The topological polar surface area (TPSA) is 52.2 Å². The van der Waals surface area contributed by atoms with Gasteiger partial charge in [-0.1, -0.05) is 6.07 Å². The Kier molecular flexibility index (Phi) is 4.59. The normalized spacial score (nSPS) is 22.0. The smallest absolute Gasteiger partial charge is 0.416 e. The lowest BCUT2D eigenvalue weighted by Gasteiger charge is -2.19. The Balaban J connectivity index is 2.23. The predicted molar refractivity (Wildman–Crippen MR) is 68.5 cm³/mol. The minimum absolute atomic E-state index is 0.0434. The molecule has 20 heavy (non-hydrogen) atoms. The van der Waals surface area contributed by atoms with E-state index in [1.165, 1.54) is 12.1 Å². The van der Waals surface area contributed by atoms with Gasteiger partial charge in [-0.3, -0.25) is 4.79 Å². The molecule has 110 valence electrons. The van der Waals surface area contributed by atoms with Crippen molar-refractivity contribution < 1.29 is 22.5 Å². The maximum atomic E-state index is 12.6. The van der Waals surface area contributed by atoms with Gasteiger partial charge in [-0.2, -0.15) is 13.2 Å². The van der Waals surface area contributed by atoms with Crippen molar-refractivity contribution in [2.45, 2.75) is 35.6 Å². The zero-order valence-electron chi connectivity index (χ0n) is 10.6. The second-order valence-corrected chi connectivity index (χ2v) is 6.23. The lowest BCUT2D eigenvalue weighted by Crippen LogP contribution is -2.38. The number of benzene rings is 1. The van der Waals surface area contributed by atoms with Crippen LogP contribution in [0.15, 0.2) is 29.2 Å². The Labute approximate surface area is 117 Å². The first-order valence-electron chi connectivity index (χ1n) is 6.25. The summed E-state index contributed by atoms with van der Waals surface area (Å²) in [5, 5.41) is 1.86. The third-order valence-corrected chi connectivity index (χ3v) is 4.82. The molecular formula is C13H14F3NO2S. The van der Waals surface area contributed by atoms with Gasteiger partial charge in [0.2, 0.25) is 0 Å². The molecule has 0 spiro atoms. The van der Waals surface area contributed by atoms with Crippen molar-refractivity contribution in [2.75, 3.05) is 6.54 Å². The van der Waals surface area contributed by atoms with Gasteiger partial charge in [0.25, 0.3) is 5.91 Å². The fourth-order valence-electron chi connectivity index (χ4n) is 2.08. The molecule has 1 saturated heterocycles. The van der Waals surface area contributed by atoms with Crippen LogP contribution in [0, 0.1) is 0 Å². The number of amides is 1. The highest BCUT2D eigenvalue weighted by atomic mass is 32.2. The predicted octanol–water partition coefficient (Wildman–Crippen LogP) is 2.48. The molecule has 1 heterocycles. The second-order valence-electron chi connectivity index (χ2n) is 4.60. The summed E-state index contributed by atoms with van der Waals surface area (Å²) in [6, 6.07) is 4.36. The molecule has 2 unspecified atom stereocenters. The lowest BCUT2D eigenvalue weighted by atomic mass is 10.2. The van der Waals surface area contributed by atoms with E-state index in [1.54, 1.807) is 0 Å². The Morgan fingerprint density at radius 2 is 2.05 bits per heavy atom. The third-order valence-electron chi connectivity index (χ3n) is 3.14. The number of nitrogens with one attached hydrogen (secondary N) is 1. The SMILES string of the molecule is O=C1NCCCCC1[S+]([O-])c1cccc(C(F)(F)F)c1. The van der Waals surface area contributed by atoms with E-state index in [1.807, 2.05) is 0 Å². The highest BCUT2D eigenvalue weighted by Gasteiger charge is 2.36. The van der Waals surface area contributed by atoms with Gasteiger partial charge in [-0.15, -0.1) is 0 Å². The molecule has 1 aromatic rings. The van der Waals surface area contributed by atoms with E-state index < -0.39 is 28.2 Å². The average Bonchev–Trinajstić information content (AvgIpc) is 2.62. The number of halogens is 3. The van der Waals surface area contributed by atoms with Crippen LogP contribution in [0.5, 0.6) is 0 Å². The lowest BCUT2D eigenvalue weighted by molar-refractivity contribution is -0.137. The van der Waals surface area contributed by atoms with Crippen molar-refractivity contribution in [3.8, 4) is 0 Å². The van der Waals surface area contributed by atoms with Crippen LogP contribution in [0.2, 0.25) is 0 Å². The van der Waals surface area contributed by atoms with Gasteiger partial charge in [0, 0.05) is 19.0 Å². The quantitative estimate of drug-likeness (QED) is 0.854. The Morgan fingerprint density at radius 1 is 1.30 bits per heavy atom. The van der Waals surface area contributed by atoms with Crippen LogP contribution in [0.3, 0.4) is 0 Å². The van der Waals surface area contributed by atoms with E-state index in [-0.39, 0.29) is 10.8 Å². The van der Waals surface area contributed by atoms with Gasteiger partial charge in [-0.05, 0) is 36.2 Å². The van der Waals surface area contributed by atoms with Crippen molar-refractivity contribution in [2.24, 2.45) is 0 Å². The first-order chi connectivity index (χ1) is 9.39. The van der Waals surface area contributed by atoms with E-state index in [0.717, 1.165) is 25.0 Å². The number of carbonyl (C=O) groups is 1. The summed E-state index contributed by atoms with van der Waals surface area (Å²) in [4.78, 5) is 11.8. The maximum absolute atomic E-state index is 12.6. The molecule has 1 aromatic carbocycles. The minimum Gasteiger partial charge on any atom is -0.611 e. The molecule has 3 nitrogen and oxygen atoms in total. The number of hydrogen-bond donors (Lipinski definition) is 1. The van der Waals surface area contributed by atoms with E-state index in [0.29, 0.717) is 13.0 Å². The zero-order chi connectivity index (χ0) is 14.8. The summed E-state index contributed by atoms with van der Waals surface area (Å²) in [5.74, 6) is -0.349. The van der Waals surface area contributed by atoms with Crippen LogP contribution in [0.25, 0.3) is 0 Å². The number of rotatable bonds is 2. The molecule has 1 N–H and O–H groups in total. The van der Waals surface area contributed by atoms with Crippen LogP contribution in [-0.4, -0.2) is 22.3 Å². The van der Waals surface area contributed by atoms with Crippen molar-refractivity contribution in [1.29, 1.82) is 0 Å². The van der Waals surface area contributed by atoms with Gasteiger partial charge in [0.15, 0.2) is 10.1 Å². The van der Waals surface area contributed by atoms with Gasteiger partial charge >= 0.3 is 6.18 Å². The molecule has 7 heteroatoms. The zero-order valence-corrected chi connectivity index (χ0v) is 11.4. The molecule has 0 saturated carbocycles. The van der Waals surface area contributed by atoms with Crippen LogP contribution >= 0.6 is 0 Å². The number of hydrogen-bond acceptors (Lipinski definition) is 2. The van der Waals surface area contributed by atoms with E-state index in [9.17, 15) is 22.5 Å². The Hall–Kier alpha value is -1.21. The third kappa shape index (κ3) is 3.46. The molecule has 0 aliphatic carbocycles. The summed E-state index contributed by atoms with van der Waals surface area (Å²) in [6.07, 6.45) is -2.53. The molecule has 0 radical (unpaired) electrons.